The molecule has 4 aromatic rings. The number of nitrogens with zero attached hydrogens (tertiary/aromatic N) is 2. The van der Waals surface area contributed by atoms with Crippen LogP contribution in [0.1, 0.15) is 37.5 Å². The second kappa shape index (κ2) is 14.9. The van der Waals surface area contributed by atoms with Gasteiger partial charge in [0, 0.05) is 23.5 Å². The molecule has 0 aliphatic carbocycles. The van der Waals surface area contributed by atoms with E-state index < -0.39 is 34.1 Å². The van der Waals surface area contributed by atoms with E-state index in [1.807, 2.05) is 58.0 Å². The molecule has 1 atom stereocenters. The first-order chi connectivity index (χ1) is 21.7. The van der Waals surface area contributed by atoms with Gasteiger partial charge in [-0.25, -0.2) is 8.42 Å². The Bertz CT molecular complexity index is 1780. The lowest BCUT2D eigenvalue weighted by Gasteiger charge is -2.35. The van der Waals surface area contributed by atoms with Gasteiger partial charge in [-0.3, -0.25) is 13.9 Å². The lowest BCUT2D eigenvalue weighted by atomic mass is 10.0. The first-order valence-electron chi connectivity index (χ1n) is 14.6. The molecule has 0 bridgehead atoms. The van der Waals surface area contributed by atoms with E-state index in [1.165, 1.54) is 29.2 Å². The van der Waals surface area contributed by atoms with Crippen LogP contribution in [-0.2, 0) is 32.6 Å². The van der Waals surface area contributed by atoms with Gasteiger partial charge in [-0.1, -0.05) is 101 Å². The van der Waals surface area contributed by atoms with E-state index in [2.05, 4.69) is 5.32 Å². The van der Waals surface area contributed by atoms with Gasteiger partial charge in [0.2, 0.25) is 11.8 Å². The van der Waals surface area contributed by atoms with Crippen molar-refractivity contribution in [3.63, 3.8) is 0 Å². The molecule has 0 unspecified atom stereocenters. The zero-order valence-corrected chi connectivity index (χ0v) is 29.1. The van der Waals surface area contributed by atoms with Crippen LogP contribution in [0.5, 0.6) is 0 Å². The summed E-state index contributed by atoms with van der Waals surface area (Å²) in [5, 5.41) is 3.62. The highest BCUT2D eigenvalue weighted by Gasteiger charge is 2.36. The Hall–Kier alpha value is -3.56. The lowest BCUT2D eigenvalue weighted by molar-refractivity contribution is -0.140. The van der Waals surface area contributed by atoms with Crippen LogP contribution in [0.25, 0.3) is 0 Å². The molecular formula is C35H36Cl3N3O4S. The Morgan fingerprint density at radius 2 is 1.43 bits per heavy atom. The van der Waals surface area contributed by atoms with Crippen LogP contribution in [0.2, 0.25) is 15.1 Å². The van der Waals surface area contributed by atoms with Crippen molar-refractivity contribution in [1.82, 2.24) is 10.2 Å². The number of benzene rings is 4. The van der Waals surface area contributed by atoms with Crippen LogP contribution in [0, 0.1) is 6.92 Å². The summed E-state index contributed by atoms with van der Waals surface area (Å²) in [5.41, 5.74) is 1.83. The number of halogens is 3. The maximum absolute atomic E-state index is 14.6. The van der Waals surface area contributed by atoms with E-state index in [-0.39, 0.29) is 39.5 Å². The molecule has 0 aromatic heterocycles. The van der Waals surface area contributed by atoms with E-state index in [9.17, 15) is 18.0 Å². The number of hydrogen-bond acceptors (Lipinski definition) is 4. The van der Waals surface area contributed by atoms with Crippen LogP contribution in [0.15, 0.2) is 102 Å². The fourth-order valence-electron chi connectivity index (χ4n) is 4.83. The minimum atomic E-state index is -4.33. The van der Waals surface area contributed by atoms with E-state index in [1.54, 1.807) is 42.5 Å². The molecule has 242 valence electrons. The third-order valence-corrected chi connectivity index (χ3v) is 9.96. The molecule has 11 heteroatoms. The fourth-order valence-corrected chi connectivity index (χ4v) is 6.83. The molecule has 0 saturated carbocycles. The predicted molar refractivity (Wildman–Crippen MR) is 186 cm³/mol. The zero-order valence-electron chi connectivity index (χ0n) is 26.0. The van der Waals surface area contributed by atoms with Crippen LogP contribution in [-0.4, -0.2) is 43.3 Å². The van der Waals surface area contributed by atoms with Gasteiger partial charge < -0.3 is 10.2 Å². The number of carbonyl (C=O) groups excluding carboxylic acids is 2. The number of rotatable bonds is 11. The van der Waals surface area contributed by atoms with Gasteiger partial charge in [0.05, 0.1) is 20.6 Å². The highest BCUT2D eigenvalue weighted by molar-refractivity contribution is 7.92. The summed E-state index contributed by atoms with van der Waals surface area (Å²) in [6, 6.07) is 26.1. The molecule has 0 saturated heterocycles. The van der Waals surface area contributed by atoms with E-state index >= 15 is 0 Å². The molecule has 0 fully saturated rings. The molecule has 46 heavy (non-hydrogen) atoms. The second-order valence-electron chi connectivity index (χ2n) is 12.0. The number of anilines is 1. The van der Waals surface area contributed by atoms with Gasteiger partial charge in [-0.05, 0) is 75.2 Å². The van der Waals surface area contributed by atoms with Gasteiger partial charge in [0.1, 0.15) is 12.6 Å². The maximum Gasteiger partial charge on any atom is 0.264 e. The van der Waals surface area contributed by atoms with Crippen molar-refractivity contribution in [2.24, 2.45) is 0 Å². The van der Waals surface area contributed by atoms with Gasteiger partial charge in [-0.15, -0.1) is 0 Å². The third kappa shape index (κ3) is 9.04. The fraction of sp³-hybridized carbons (Fsp3) is 0.257. The number of hydrogen-bond donors (Lipinski definition) is 1. The predicted octanol–water partition coefficient (Wildman–Crippen LogP) is 7.71. The molecule has 0 aliphatic heterocycles. The summed E-state index contributed by atoms with van der Waals surface area (Å²) in [5.74, 6) is -1.00. The highest BCUT2D eigenvalue weighted by Crippen LogP contribution is 2.36. The summed E-state index contributed by atoms with van der Waals surface area (Å²) < 4.78 is 29.4. The Morgan fingerprint density at radius 3 is 2.04 bits per heavy atom. The standard InChI is InChI=1S/C35H36Cl3N3O4S/c1-24-13-19-28(20-14-24)46(44,45)41(30-12-8-11-29(37)33(30)38)23-32(42)40(22-26-15-17-27(36)18-16-26)31(34(43)39-35(2,3)4)21-25-9-6-5-7-10-25/h5-20,31H,21-23H2,1-4H3,(H,39,43)/t31-/m0/s1. The quantitative estimate of drug-likeness (QED) is 0.174. The van der Waals surface area contributed by atoms with Gasteiger partial charge in [0.25, 0.3) is 10.0 Å². The van der Waals surface area contributed by atoms with Crippen LogP contribution < -0.4 is 9.62 Å². The molecular weight excluding hydrogens is 665 g/mol. The molecule has 0 aliphatic rings. The number of carbonyl (C=O) groups is 2. The van der Waals surface area contributed by atoms with Crippen molar-refractivity contribution in [1.29, 1.82) is 0 Å². The van der Waals surface area contributed by atoms with Gasteiger partial charge >= 0.3 is 0 Å². The monoisotopic (exact) mass is 699 g/mol. The van der Waals surface area contributed by atoms with E-state index in [0.717, 1.165) is 15.4 Å². The third-order valence-electron chi connectivity index (χ3n) is 7.12. The average Bonchev–Trinajstić information content (AvgIpc) is 3.00. The maximum atomic E-state index is 14.6. The Balaban J connectivity index is 1.84. The van der Waals surface area contributed by atoms with Crippen molar-refractivity contribution < 1.29 is 18.0 Å². The largest absolute Gasteiger partial charge is 0.350 e. The number of nitrogens with one attached hydrogen (secondary N) is 1. The lowest BCUT2D eigenvalue weighted by Crippen LogP contribution is -2.56. The smallest absolute Gasteiger partial charge is 0.264 e. The Morgan fingerprint density at radius 1 is 0.804 bits per heavy atom. The minimum absolute atomic E-state index is 0.00671. The Labute approximate surface area is 286 Å². The molecule has 0 spiro atoms. The SMILES string of the molecule is Cc1ccc(S(=O)(=O)N(CC(=O)N(Cc2ccc(Cl)cc2)[C@@H](Cc2ccccc2)C(=O)NC(C)(C)C)c2cccc(Cl)c2Cl)cc1. The minimum Gasteiger partial charge on any atom is -0.350 e. The molecule has 4 rings (SSSR count). The first-order valence-corrected chi connectivity index (χ1v) is 17.2. The van der Waals surface area contributed by atoms with Crippen molar-refractivity contribution >= 4 is 62.3 Å². The summed E-state index contributed by atoms with van der Waals surface area (Å²) in [6.07, 6.45) is 0.185. The summed E-state index contributed by atoms with van der Waals surface area (Å²) in [7, 11) is -4.33. The van der Waals surface area contributed by atoms with Gasteiger partial charge in [0.15, 0.2) is 0 Å². The first kappa shape index (κ1) is 35.3. The van der Waals surface area contributed by atoms with E-state index in [4.69, 9.17) is 34.8 Å². The van der Waals surface area contributed by atoms with Crippen LogP contribution in [0.4, 0.5) is 5.69 Å². The molecule has 0 heterocycles. The van der Waals surface area contributed by atoms with Crippen molar-refractivity contribution in [2.45, 2.75) is 57.1 Å². The summed E-state index contributed by atoms with van der Waals surface area (Å²) in [4.78, 5) is 29.9. The summed E-state index contributed by atoms with van der Waals surface area (Å²) >= 11 is 19.0. The van der Waals surface area contributed by atoms with Crippen LogP contribution >= 0.6 is 34.8 Å². The van der Waals surface area contributed by atoms with Crippen LogP contribution in [0.3, 0.4) is 0 Å². The Kier molecular flexibility index (Phi) is 11.4. The van der Waals surface area contributed by atoms with Crippen molar-refractivity contribution in [2.75, 3.05) is 10.8 Å². The number of sulfonamides is 1. The molecule has 4 aromatic carbocycles. The van der Waals surface area contributed by atoms with Crippen molar-refractivity contribution in [3.05, 3.63) is 129 Å². The van der Waals surface area contributed by atoms with E-state index in [0.29, 0.717) is 10.6 Å². The zero-order chi connectivity index (χ0) is 33.6. The number of amides is 2. The molecule has 7 nitrogen and oxygen atoms in total. The van der Waals surface area contributed by atoms with Gasteiger partial charge in [-0.2, -0.15) is 0 Å². The molecule has 0 radical (unpaired) electrons. The topological polar surface area (TPSA) is 86.8 Å². The summed E-state index contributed by atoms with van der Waals surface area (Å²) in [6.45, 7) is 6.76. The average molecular weight is 701 g/mol. The number of aryl methyl sites for hydroxylation is 1. The molecule has 1 N–H and O–H groups in total. The second-order valence-corrected chi connectivity index (χ2v) is 15.1. The molecule has 2 amide bonds. The highest BCUT2D eigenvalue weighted by atomic mass is 35.5. The normalized spacial score (nSPS) is 12.3. The van der Waals surface area contributed by atoms with Crippen molar-refractivity contribution in [3.8, 4) is 0 Å².